The average Bonchev–Trinajstić information content (AvgIpc) is 2.45. The second-order valence-electron chi connectivity index (χ2n) is 5.05. The van der Waals surface area contributed by atoms with E-state index < -0.39 is 11.8 Å². The van der Waals surface area contributed by atoms with Crippen LogP contribution in [0.2, 0.25) is 0 Å². The highest BCUT2D eigenvalue weighted by Crippen LogP contribution is 2.24. The lowest BCUT2D eigenvalue weighted by Gasteiger charge is -2.26. The molecule has 7 nitrogen and oxygen atoms in total. The lowest BCUT2D eigenvalue weighted by atomic mass is 10.00. The molecule has 3 rings (SSSR count). The van der Waals surface area contributed by atoms with E-state index >= 15 is 0 Å². The molecule has 1 fully saturated rings. The normalized spacial score (nSPS) is 17.9. The van der Waals surface area contributed by atoms with Crippen LogP contribution in [0.1, 0.15) is 22.3 Å². The van der Waals surface area contributed by atoms with Crippen molar-refractivity contribution >= 4 is 29.3 Å². The minimum Gasteiger partial charge on any atom is -0.326 e. The number of hydrogen-bond acceptors (Lipinski definition) is 4. The van der Waals surface area contributed by atoms with Crippen molar-refractivity contribution in [2.24, 2.45) is 0 Å². The van der Waals surface area contributed by atoms with Gasteiger partial charge in [0.2, 0.25) is 17.7 Å². The molecule has 108 valence electrons. The Kier molecular flexibility index (Phi) is 3.17. The molecule has 0 bridgehead atoms. The second-order valence-corrected chi connectivity index (χ2v) is 5.05. The van der Waals surface area contributed by atoms with Gasteiger partial charge >= 0.3 is 0 Å². The first-order chi connectivity index (χ1) is 10.0. The number of amides is 4. The van der Waals surface area contributed by atoms with E-state index in [4.69, 9.17) is 0 Å². The SMILES string of the molecule is O=C1CN(C(=O)c2ccc3c(c2)CCC(=O)N3)CC(=O)N1. The number of hydrogen-bond donors (Lipinski definition) is 2. The molecule has 0 unspecified atom stereocenters. The molecule has 4 amide bonds. The molecule has 2 heterocycles. The van der Waals surface area contributed by atoms with Crippen molar-refractivity contribution in [1.29, 1.82) is 0 Å². The van der Waals surface area contributed by atoms with E-state index in [1.807, 2.05) is 0 Å². The first-order valence-electron chi connectivity index (χ1n) is 6.57. The minimum absolute atomic E-state index is 0.0418. The third kappa shape index (κ3) is 2.62. The van der Waals surface area contributed by atoms with Crippen LogP contribution in [0, 0.1) is 0 Å². The standard InChI is InChI=1S/C14H13N3O4/c18-11-4-2-8-5-9(1-3-10(8)15-11)14(21)17-6-12(19)16-13(20)7-17/h1,3,5H,2,4,6-7H2,(H,15,18)(H,16,19,20). The highest BCUT2D eigenvalue weighted by atomic mass is 16.2. The number of nitrogens with zero attached hydrogens (tertiary/aromatic N) is 1. The largest absolute Gasteiger partial charge is 0.326 e. The smallest absolute Gasteiger partial charge is 0.254 e. The summed E-state index contributed by atoms with van der Waals surface area (Å²) < 4.78 is 0. The van der Waals surface area contributed by atoms with Crippen LogP contribution in [0.5, 0.6) is 0 Å². The first kappa shape index (κ1) is 13.3. The second kappa shape index (κ2) is 5.01. The Hall–Kier alpha value is -2.70. The van der Waals surface area contributed by atoms with Gasteiger partial charge in [-0.3, -0.25) is 24.5 Å². The molecule has 1 saturated heterocycles. The number of rotatable bonds is 1. The Labute approximate surface area is 120 Å². The van der Waals surface area contributed by atoms with E-state index in [0.717, 1.165) is 5.56 Å². The molecule has 0 aromatic heterocycles. The van der Waals surface area contributed by atoms with Crippen LogP contribution in [0.3, 0.4) is 0 Å². The summed E-state index contributed by atoms with van der Waals surface area (Å²) in [6.07, 6.45) is 0.955. The number of carbonyl (C=O) groups is 4. The molecule has 2 aliphatic heterocycles. The van der Waals surface area contributed by atoms with Crippen molar-refractivity contribution in [2.45, 2.75) is 12.8 Å². The van der Waals surface area contributed by atoms with Crippen LogP contribution < -0.4 is 10.6 Å². The van der Waals surface area contributed by atoms with Crippen molar-refractivity contribution in [3.05, 3.63) is 29.3 Å². The van der Waals surface area contributed by atoms with Crippen molar-refractivity contribution < 1.29 is 19.2 Å². The Morgan fingerprint density at radius 3 is 2.38 bits per heavy atom. The summed E-state index contributed by atoms with van der Waals surface area (Å²) in [5, 5.41) is 4.89. The molecule has 0 aliphatic carbocycles. The van der Waals surface area contributed by atoms with Gasteiger partial charge in [0.05, 0.1) is 0 Å². The van der Waals surface area contributed by atoms with Gasteiger partial charge in [-0.1, -0.05) is 0 Å². The van der Waals surface area contributed by atoms with Gasteiger partial charge in [0, 0.05) is 17.7 Å². The monoisotopic (exact) mass is 287 g/mol. The molecule has 0 atom stereocenters. The number of nitrogens with one attached hydrogen (secondary N) is 2. The van der Waals surface area contributed by atoms with Crippen LogP contribution in [0.4, 0.5) is 5.69 Å². The average molecular weight is 287 g/mol. The summed E-state index contributed by atoms with van der Waals surface area (Å²) in [6, 6.07) is 4.96. The van der Waals surface area contributed by atoms with Crippen molar-refractivity contribution in [3.8, 4) is 0 Å². The molecule has 0 saturated carbocycles. The summed E-state index contributed by atoms with van der Waals surface area (Å²) in [5.41, 5.74) is 2.00. The molecule has 2 N–H and O–H groups in total. The zero-order valence-corrected chi connectivity index (χ0v) is 11.1. The number of carbonyl (C=O) groups excluding carboxylic acids is 4. The highest BCUT2D eigenvalue weighted by Gasteiger charge is 2.27. The van der Waals surface area contributed by atoms with Gasteiger partial charge in [-0.05, 0) is 30.2 Å². The summed E-state index contributed by atoms with van der Waals surface area (Å²) in [4.78, 5) is 47.5. The van der Waals surface area contributed by atoms with Gasteiger partial charge in [0.1, 0.15) is 13.1 Å². The summed E-state index contributed by atoms with van der Waals surface area (Å²) in [7, 11) is 0. The van der Waals surface area contributed by atoms with E-state index in [-0.39, 0.29) is 24.9 Å². The van der Waals surface area contributed by atoms with E-state index in [1.54, 1.807) is 18.2 Å². The summed E-state index contributed by atoms with van der Waals surface area (Å²) >= 11 is 0. The molecule has 21 heavy (non-hydrogen) atoms. The Morgan fingerprint density at radius 2 is 1.67 bits per heavy atom. The van der Waals surface area contributed by atoms with Gasteiger partial charge < -0.3 is 10.2 Å². The molecule has 0 spiro atoms. The molecule has 2 aliphatic rings. The number of anilines is 1. The van der Waals surface area contributed by atoms with Crippen LogP contribution in [0.25, 0.3) is 0 Å². The fraction of sp³-hybridized carbons (Fsp3) is 0.286. The number of aryl methyl sites for hydroxylation is 1. The highest BCUT2D eigenvalue weighted by molar-refractivity contribution is 6.06. The number of fused-ring (bicyclic) bond motifs is 1. The fourth-order valence-electron chi connectivity index (χ4n) is 2.48. The number of imide groups is 1. The van der Waals surface area contributed by atoms with Gasteiger partial charge in [0.25, 0.3) is 5.91 Å². The third-order valence-electron chi connectivity index (χ3n) is 3.48. The number of piperazine rings is 1. The minimum atomic E-state index is -0.482. The van der Waals surface area contributed by atoms with Crippen LogP contribution in [-0.4, -0.2) is 41.6 Å². The zero-order valence-electron chi connectivity index (χ0n) is 11.1. The van der Waals surface area contributed by atoms with Gasteiger partial charge in [0.15, 0.2) is 0 Å². The zero-order chi connectivity index (χ0) is 15.0. The summed E-state index contributed by atoms with van der Waals surface area (Å²) in [6.45, 7) is -0.253. The van der Waals surface area contributed by atoms with Crippen LogP contribution in [-0.2, 0) is 20.8 Å². The van der Waals surface area contributed by atoms with Gasteiger partial charge in [-0.25, -0.2) is 0 Å². The Bertz CT molecular complexity index is 652. The fourth-order valence-corrected chi connectivity index (χ4v) is 2.48. The molecule has 1 aromatic rings. The maximum absolute atomic E-state index is 12.3. The lowest BCUT2D eigenvalue weighted by Crippen LogP contribution is -2.53. The van der Waals surface area contributed by atoms with Crippen LogP contribution in [0.15, 0.2) is 18.2 Å². The van der Waals surface area contributed by atoms with E-state index in [9.17, 15) is 19.2 Å². The lowest BCUT2D eigenvalue weighted by molar-refractivity contribution is -0.135. The first-order valence-corrected chi connectivity index (χ1v) is 6.57. The van der Waals surface area contributed by atoms with Gasteiger partial charge in [-0.2, -0.15) is 0 Å². The Morgan fingerprint density at radius 1 is 0.952 bits per heavy atom. The van der Waals surface area contributed by atoms with E-state index in [2.05, 4.69) is 10.6 Å². The third-order valence-corrected chi connectivity index (χ3v) is 3.48. The van der Waals surface area contributed by atoms with Crippen molar-refractivity contribution in [1.82, 2.24) is 10.2 Å². The predicted molar refractivity (Wildman–Crippen MR) is 72.4 cm³/mol. The molecule has 0 radical (unpaired) electrons. The maximum Gasteiger partial charge on any atom is 0.254 e. The van der Waals surface area contributed by atoms with E-state index in [0.29, 0.717) is 24.1 Å². The number of benzene rings is 1. The maximum atomic E-state index is 12.3. The van der Waals surface area contributed by atoms with E-state index in [1.165, 1.54) is 4.90 Å². The molecular formula is C14H13N3O4. The molecular weight excluding hydrogens is 274 g/mol. The molecule has 1 aromatic carbocycles. The van der Waals surface area contributed by atoms with Crippen molar-refractivity contribution in [3.63, 3.8) is 0 Å². The summed E-state index contributed by atoms with van der Waals surface area (Å²) in [5.74, 6) is -1.37. The Balaban J connectivity index is 1.83. The van der Waals surface area contributed by atoms with Crippen LogP contribution >= 0.6 is 0 Å². The predicted octanol–water partition coefficient (Wildman–Crippen LogP) is -0.330. The topological polar surface area (TPSA) is 95.6 Å². The van der Waals surface area contributed by atoms with Crippen molar-refractivity contribution in [2.75, 3.05) is 18.4 Å². The van der Waals surface area contributed by atoms with Gasteiger partial charge in [-0.15, -0.1) is 0 Å². The quantitative estimate of drug-likeness (QED) is 0.691. The molecule has 7 heteroatoms.